The summed E-state index contributed by atoms with van der Waals surface area (Å²) in [4.78, 5) is 20.0. The number of amides is 1. The summed E-state index contributed by atoms with van der Waals surface area (Å²) in [5.74, 6) is 3.07. The van der Waals surface area contributed by atoms with Crippen molar-refractivity contribution in [3.8, 4) is 0 Å². The molecule has 5 heteroatoms. The van der Waals surface area contributed by atoms with E-state index in [4.69, 9.17) is 4.98 Å². The van der Waals surface area contributed by atoms with Crippen molar-refractivity contribution in [1.82, 2.24) is 19.8 Å². The Kier molecular flexibility index (Phi) is 5.02. The van der Waals surface area contributed by atoms with Gasteiger partial charge in [0.15, 0.2) is 0 Å². The number of aryl methyl sites for hydroxylation is 1. The van der Waals surface area contributed by atoms with Crippen LogP contribution in [0, 0.1) is 24.7 Å². The number of likely N-dealkylation sites (tertiary alicyclic amines) is 1. The molecule has 32 heavy (non-hydrogen) atoms. The highest BCUT2D eigenvalue weighted by Crippen LogP contribution is 2.56. The van der Waals surface area contributed by atoms with Crippen molar-refractivity contribution in [3.63, 3.8) is 0 Å². The number of nitrogens with one attached hydrogen (secondary N) is 1. The fourth-order valence-corrected chi connectivity index (χ4v) is 5.97. The number of imidazole rings is 1. The van der Waals surface area contributed by atoms with Gasteiger partial charge in [0.25, 0.3) is 0 Å². The largest absolute Gasteiger partial charge is 0.349 e. The third-order valence-electron chi connectivity index (χ3n) is 8.02. The number of carbonyl (C=O) groups is 1. The zero-order valence-corrected chi connectivity index (χ0v) is 18.8. The van der Waals surface area contributed by atoms with Gasteiger partial charge in [0, 0.05) is 31.6 Å². The lowest BCUT2D eigenvalue weighted by Crippen LogP contribution is -2.38. The highest BCUT2D eigenvalue weighted by atomic mass is 16.2. The van der Waals surface area contributed by atoms with E-state index < -0.39 is 0 Å². The highest BCUT2D eigenvalue weighted by molar-refractivity contribution is 5.79. The molecular formula is C27H32N4O. The number of aromatic nitrogens is 2. The molecule has 1 N–H and O–H groups in total. The predicted molar refractivity (Wildman–Crippen MR) is 126 cm³/mol. The number of para-hydroxylation sites is 2. The minimum atomic E-state index is 0.108. The van der Waals surface area contributed by atoms with Gasteiger partial charge in [-0.3, -0.25) is 4.79 Å². The maximum absolute atomic E-state index is 12.6. The van der Waals surface area contributed by atoms with Crippen LogP contribution in [0.5, 0.6) is 0 Å². The third-order valence-corrected chi connectivity index (χ3v) is 8.02. The van der Waals surface area contributed by atoms with Gasteiger partial charge < -0.3 is 14.8 Å². The van der Waals surface area contributed by atoms with E-state index in [1.807, 2.05) is 6.07 Å². The van der Waals surface area contributed by atoms with Crippen LogP contribution in [0.4, 0.5) is 0 Å². The van der Waals surface area contributed by atoms with Crippen LogP contribution >= 0.6 is 0 Å². The molecule has 0 radical (unpaired) electrons. The Morgan fingerprint density at radius 1 is 1.06 bits per heavy atom. The molecule has 5 nitrogen and oxygen atoms in total. The Morgan fingerprint density at radius 2 is 1.78 bits per heavy atom. The number of nitrogens with zero attached hydrogens (tertiary/aromatic N) is 3. The molecule has 6 rings (SSSR count). The molecule has 1 saturated heterocycles. The summed E-state index contributed by atoms with van der Waals surface area (Å²) >= 11 is 0. The lowest BCUT2D eigenvalue weighted by molar-refractivity contribution is -0.128. The van der Waals surface area contributed by atoms with Crippen LogP contribution in [-0.2, 0) is 4.79 Å². The van der Waals surface area contributed by atoms with Crippen LogP contribution in [-0.4, -0.2) is 40.0 Å². The second-order valence-electron chi connectivity index (χ2n) is 9.98. The van der Waals surface area contributed by atoms with Crippen molar-refractivity contribution in [2.24, 2.45) is 17.8 Å². The first kappa shape index (κ1) is 20.0. The van der Waals surface area contributed by atoms with E-state index in [1.54, 1.807) is 0 Å². The molecule has 1 amide bonds. The number of hydrogen-bond donors (Lipinski definition) is 1. The summed E-state index contributed by atoms with van der Waals surface area (Å²) in [7, 11) is 0. The normalized spacial score (nSPS) is 26.0. The first-order valence-corrected chi connectivity index (χ1v) is 12.2. The average molecular weight is 429 g/mol. The van der Waals surface area contributed by atoms with E-state index >= 15 is 0 Å². The summed E-state index contributed by atoms with van der Waals surface area (Å²) in [5, 5.41) is 3.36. The van der Waals surface area contributed by atoms with Crippen molar-refractivity contribution in [3.05, 3.63) is 66.0 Å². The van der Waals surface area contributed by atoms with Crippen molar-refractivity contribution < 1.29 is 4.79 Å². The van der Waals surface area contributed by atoms with Crippen LogP contribution in [0.1, 0.15) is 49.2 Å². The van der Waals surface area contributed by atoms with Gasteiger partial charge in [-0.2, -0.15) is 0 Å². The molecule has 3 aliphatic rings. The van der Waals surface area contributed by atoms with Gasteiger partial charge in [0.05, 0.1) is 17.1 Å². The minimum Gasteiger partial charge on any atom is -0.349 e. The number of rotatable bonds is 7. The van der Waals surface area contributed by atoms with E-state index in [2.05, 4.69) is 70.2 Å². The Hall–Kier alpha value is -2.66. The number of piperidine rings is 1. The molecule has 1 aromatic heterocycles. The second kappa shape index (κ2) is 8.04. The zero-order valence-electron chi connectivity index (χ0n) is 18.8. The van der Waals surface area contributed by atoms with Crippen molar-refractivity contribution in [2.75, 3.05) is 19.6 Å². The Labute approximate surface area is 189 Å². The monoisotopic (exact) mass is 428 g/mol. The van der Waals surface area contributed by atoms with Gasteiger partial charge in [0.1, 0.15) is 5.82 Å². The molecule has 0 spiro atoms. The van der Waals surface area contributed by atoms with Crippen molar-refractivity contribution in [1.29, 1.82) is 0 Å². The summed E-state index contributed by atoms with van der Waals surface area (Å²) < 4.78 is 2.48. The van der Waals surface area contributed by atoms with Gasteiger partial charge in [-0.15, -0.1) is 0 Å². The fourth-order valence-electron chi connectivity index (χ4n) is 5.97. The first-order valence-electron chi connectivity index (χ1n) is 12.2. The molecule has 166 valence electrons. The second-order valence-corrected chi connectivity index (χ2v) is 9.98. The van der Waals surface area contributed by atoms with Gasteiger partial charge >= 0.3 is 0 Å². The Bertz CT molecular complexity index is 1110. The number of carbonyl (C=O) groups excluding carboxylic acids is 1. The molecular weight excluding hydrogens is 396 g/mol. The van der Waals surface area contributed by atoms with Crippen LogP contribution in [0.15, 0.2) is 54.6 Å². The number of benzene rings is 2. The maximum Gasteiger partial charge on any atom is 0.223 e. The highest BCUT2D eigenvalue weighted by Gasteiger charge is 2.57. The number of fused-ring (bicyclic) bond motifs is 2. The van der Waals surface area contributed by atoms with Crippen LogP contribution in [0.3, 0.4) is 0 Å². The molecule has 1 aliphatic heterocycles. The van der Waals surface area contributed by atoms with Crippen molar-refractivity contribution >= 4 is 16.9 Å². The van der Waals surface area contributed by atoms with Crippen LogP contribution in [0.25, 0.3) is 11.0 Å². The quantitative estimate of drug-likeness (QED) is 0.603. The summed E-state index contributed by atoms with van der Waals surface area (Å²) in [6, 6.07) is 19.7. The summed E-state index contributed by atoms with van der Waals surface area (Å²) in [6.07, 6.45) is 4.26. The Balaban J connectivity index is 1.09. The van der Waals surface area contributed by atoms with Gasteiger partial charge in [-0.05, 0) is 55.7 Å². The molecule has 0 bridgehead atoms. The molecule has 2 saturated carbocycles. The fraction of sp³-hybridized carbons (Fsp3) is 0.481. The molecule has 2 unspecified atom stereocenters. The standard InChI is InChI=1S/C27H32N4O/c1-18-28-24-12-5-6-13-25(24)31(18)26-21-16-30(17-22(21)26)15-14-23(19-8-3-2-4-9-19)29-27(32)20-10-7-11-20/h2-6,8-9,12-13,20-23,26H,7,10-11,14-17H2,1H3,(H,29,32)/t21?,22?,23-,26?/m1/s1. The predicted octanol–water partition coefficient (Wildman–Crippen LogP) is 4.50. The van der Waals surface area contributed by atoms with Crippen LogP contribution < -0.4 is 5.32 Å². The van der Waals surface area contributed by atoms with E-state index in [-0.39, 0.29) is 17.9 Å². The third kappa shape index (κ3) is 3.53. The van der Waals surface area contributed by atoms with Gasteiger partial charge in [-0.1, -0.05) is 48.9 Å². The lowest BCUT2D eigenvalue weighted by atomic mass is 9.84. The van der Waals surface area contributed by atoms with E-state index in [9.17, 15) is 4.79 Å². The smallest absolute Gasteiger partial charge is 0.223 e. The van der Waals surface area contributed by atoms with Gasteiger partial charge in [0.2, 0.25) is 5.91 Å². The van der Waals surface area contributed by atoms with E-state index in [0.717, 1.165) is 62.1 Å². The molecule has 2 aliphatic carbocycles. The van der Waals surface area contributed by atoms with Gasteiger partial charge in [-0.25, -0.2) is 4.98 Å². The summed E-state index contributed by atoms with van der Waals surface area (Å²) in [6.45, 7) is 5.48. The van der Waals surface area contributed by atoms with Crippen LogP contribution in [0.2, 0.25) is 0 Å². The zero-order chi connectivity index (χ0) is 21.7. The summed E-state index contributed by atoms with van der Waals surface area (Å²) in [5.41, 5.74) is 3.61. The molecule has 2 aromatic carbocycles. The molecule has 3 fully saturated rings. The molecule has 3 atom stereocenters. The lowest BCUT2D eigenvalue weighted by Gasteiger charge is -2.29. The topological polar surface area (TPSA) is 50.2 Å². The molecule has 2 heterocycles. The van der Waals surface area contributed by atoms with E-state index in [1.165, 1.54) is 17.5 Å². The van der Waals surface area contributed by atoms with Crippen molar-refractivity contribution in [2.45, 2.75) is 44.7 Å². The maximum atomic E-state index is 12.6. The minimum absolute atomic E-state index is 0.108. The Morgan fingerprint density at radius 3 is 2.50 bits per heavy atom. The molecule has 3 aromatic rings. The first-order chi connectivity index (χ1) is 15.7. The average Bonchev–Trinajstić information content (AvgIpc) is 3.09. The SMILES string of the molecule is Cc1nc2ccccc2n1C1C2CN(CC[C@@H](NC(=O)C3CCC3)c3ccccc3)CC21. The number of hydrogen-bond acceptors (Lipinski definition) is 3. The van der Waals surface area contributed by atoms with E-state index in [0.29, 0.717) is 6.04 Å².